The van der Waals surface area contributed by atoms with Crippen LogP contribution in [0.15, 0.2) is 0 Å². The van der Waals surface area contributed by atoms with Gasteiger partial charge in [0.15, 0.2) is 0 Å². The Morgan fingerprint density at radius 1 is 1.21 bits per heavy atom. The van der Waals surface area contributed by atoms with Gasteiger partial charge in [-0.1, -0.05) is 39.0 Å². The van der Waals surface area contributed by atoms with Crippen LogP contribution in [0.1, 0.15) is 66.2 Å². The number of rotatable bonds is 9. The Bertz CT molecular complexity index is 236. The third-order valence-electron chi connectivity index (χ3n) is 2.91. The summed E-state index contributed by atoms with van der Waals surface area (Å²) in [5.41, 5.74) is -0.473. The summed E-state index contributed by atoms with van der Waals surface area (Å²) in [6.45, 7) is 8.31. The second-order valence-electron chi connectivity index (χ2n) is 6.13. The van der Waals surface area contributed by atoms with E-state index >= 15 is 0 Å². The molecule has 0 aliphatic carbocycles. The predicted octanol–water partition coefficient (Wildman–Crippen LogP) is 3.48. The molecule has 0 saturated heterocycles. The van der Waals surface area contributed by atoms with Gasteiger partial charge < -0.3 is 15.2 Å². The quantitative estimate of drug-likeness (QED) is 0.632. The first-order valence-electron chi connectivity index (χ1n) is 7.46. The van der Waals surface area contributed by atoms with Gasteiger partial charge in [0.25, 0.3) is 0 Å². The fourth-order valence-electron chi connectivity index (χ4n) is 1.84. The van der Waals surface area contributed by atoms with Crippen molar-refractivity contribution in [3.63, 3.8) is 0 Å². The maximum atomic E-state index is 11.5. The van der Waals surface area contributed by atoms with Crippen LogP contribution >= 0.6 is 0 Å². The summed E-state index contributed by atoms with van der Waals surface area (Å²) in [4.78, 5) is 11.5. The zero-order valence-electron chi connectivity index (χ0n) is 13.0. The highest BCUT2D eigenvalue weighted by Crippen LogP contribution is 2.11. The van der Waals surface area contributed by atoms with Crippen LogP contribution in [0.2, 0.25) is 0 Å². The normalized spacial score (nSPS) is 13.1. The standard InChI is InChI=1S/C15H31NO3/c1-5-6-7-8-9-10-13(12-17)11-16-14(18)19-15(2,3)4/h13,17H,5-12H2,1-4H3,(H,16,18). The van der Waals surface area contributed by atoms with Crippen molar-refractivity contribution in [2.75, 3.05) is 13.2 Å². The summed E-state index contributed by atoms with van der Waals surface area (Å²) < 4.78 is 5.16. The van der Waals surface area contributed by atoms with Crippen LogP contribution < -0.4 is 5.32 Å². The third kappa shape index (κ3) is 12.0. The Hall–Kier alpha value is -0.770. The van der Waals surface area contributed by atoms with Gasteiger partial charge in [-0.3, -0.25) is 0 Å². The molecule has 0 fully saturated rings. The average Bonchev–Trinajstić information content (AvgIpc) is 2.30. The number of hydrogen-bond acceptors (Lipinski definition) is 3. The lowest BCUT2D eigenvalue weighted by molar-refractivity contribution is 0.0511. The SMILES string of the molecule is CCCCCCCC(CO)CNC(=O)OC(C)(C)C. The number of amides is 1. The van der Waals surface area contributed by atoms with Crippen LogP contribution in [0.5, 0.6) is 0 Å². The van der Waals surface area contributed by atoms with Crippen LogP contribution in [0.4, 0.5) is 4.79 Å². The van der Waals surface area contributed by atoms with Gasteiger partial charge in [-0.15, -0.1) is 0 Å². The topological polar surface area (TPSA) is 58.6 Å². The molecule has 0 aliphatic rings. The molecule has 1 amide bonds. The fraction of sp³-hybridized carbons (Fsp3) is 0.933. The predicted molar refractivity (Wildman–Crippen MR) is 78.2 cm³/mol. The molecule has 0 heterocycles. The largest absolute Gasteiger partial charge is 0.444 e. The summed E-state index contributed by atoms with van der Waals surface area (Å²) >= 11 is 0. The van der Waals surface area contributed by atoms with Gasteiger partial charge in [-0.25, -0.2) is 4.79 Å². The van der Waals surface area contributed by atoms with Crippen LogP contribution in [-0.4, -0.2) is 30.0 Å². The van der Waals surface area contributed by atoms with Crippen LogP contribution in [-0.2, 0) is 4.74 Å². The Morgan fingerprint density at radius 2 is 1.84 bits per heavy atom. The molecule has 1 atom stereocenters. The second-order valence-corrected chi connectivity index (χ2v) is 6.13. The van der Waals surface area contributed by atoms with E-state index in [-0.39, 0.29) is 12.5 Å². The van der Waals surface area contributed by atoms with Crippen molar-refractivity contribution in [2.45, 2.75) is 71.8 Å². The van der Waals surface area contributed by atoms with Crippen molar-refractivity contribution in [3.05, 3.63) is 0 Å². The molecule has 19 heavy (non-hydrogen) atoms. The van der Waals surface area contributed by atoms with Crippen molar-refractivity contribution >= 4 is 6.09 Å². The van der Waals surface area contributed by atoms with E-state index in [2.05, 4.69) is 12.2 Å². The number of hydrogen-bond donors (Lipinski definition) is 2. The molecule has 0 spiro atoms. The molecule has 0 radical (unpaired) electrons. The smallest absolute Gasteiger partial charge is 0.407 e. The third-order valence-corrected chi connectivity index (χ3v) is 2.91. The Morgan fingerprint density at radius 3 is 2.37 bits per heavy atom. The van der Waals surface area contributed by atoms with Crippen LogP contribution in [0.25, 0.3) is 0 Å². The molecule has 0 saturated carbocycles. The first-order valence-corrected chi connectivity index (χ1v) is 7.46. The lowest BCUT2D eigenvalue weighted by atomic mass is 10.0. The maximum absolute atomic E-state index is 11.5. The summed E-state index contributed by atoms with van der Waals surface area (Å²) in [5, 5.41) is 12.0. The van der Waals surface area contributed by atoms with Crippen molar-refractivity contribution in [2.24, 2.45) is 5.92 Å². The van der Waals surface area contributed by atoms with Crippen molar-refractivity contribution in [3.8, 4) is 0 Å². The molecule has 4 nitrogen and oxygen atoms in total. The number of aliphatic hydroxyl groups is 1. The molecule has 0 aromatic rings. The van der Waals surface area contributed by atoms with E-state index in [1.807, 2.05) is 20.8 Å². The van der Waals surface area contributed by atoms with Crippen molar-refractivity contribution in [1.82, 2.24) is 5.32 Å². The molecule has 0 aromatic carbocycles. The van der Waals surface area contributed by atoms with Gasteiger partial charge in [0, 0.05) is 13.2 Å². The zero-order chi connectivity index (χ0) is 14.7. The highest BCUT2D eigenvalue weighted by Gasteiger charge is 2.17. The molecule has 0 aromatic heterocycles. The highest BCUT2D eigenvalue weighted by atomic mass is 16.6. The Kier molecular flexibility index (Phi) is 9.66. The summed E-state index contributed by atoms with van der Waals surface area (Å²) in [5.74, 6) is 0.133. The summed E-state index contributed by atoms with van der Waals surface area (Å²) in [6, 6.07) is 0. The molecule has 2 N–H and O–H groups in total. The monoisotopic (exact) mass is 273 g/mol. The zero-order valence-corrected chi connectivity index (χ0v) is 13.0. The minimum atomic E-state index is -0.473. The fourth-order valence-corrected chi connectivity index (χ4v) is 1.84. The number of ether oxygens (including phenoxy) is 1. The van der Waals surface area contributed by atoms with E-state index in [1.165, 1.54) is 25.7 Å². The second kappa shape index (κ2) is 10.1. The molecular weight excluding hydrogens is 242 g/mol. The minimum Gasteiger partial charge on any atom is -0.444 e. The van der Waals surface area contributed by atoms with Gasteiger partial charge in [0.1, 0.15) is 5.60 Å². The lowest BCUT2D eigenvalue weighted by Crippen LogP contribution is -2.36. The van der Waals surface area contributed by atoms with E-state index in [0.29, 0.717) is 6.54 Å². The Balaban J connectivity index is 3.72. The average molecular weight is 273 g/mol. The van der Waals surface area contributed by atoms with Gasteiger partial charge in [0.2, 0.25) is 0 Å². The van der Waals surface area contributed by atoms with Crippen molar-refractivity contribution in [1.29, 1.82) is 0 Å². The highest BCUT2D eigenvalue weighted by molar-refractivity contribution is 5.67. The van der Waals surface area contributed by atoms with E-state index < -0.39 is 11.7 Å². The van der Waals surface area contributed by atoms with Gasteiger partial charge in [0.05, 0.1) is 0 Å². The first-order chi connectivity index (χ1) is 8.89. The number of aliphatic hydroxyl groups excluding tert-OH is 1. The van der Waals surface area contributed by atoms with E-state index in [0.717, 1.165) is 12.8 Å². The van der Waals surface area contributed by atoms with Gasteiger partial charge in [-0.2, -0.15) is 0 Å². The first kappa shape index (κ1) is 18.2. The van der Waals surface area contributed by atoms with E-state index in [4.69, 9.17) is 4.74 Å². The molecular formula is C15H31NO3. The molecule has 0 aliphatic heterocycles. The van der Waals surface area contributed by atoms with Crippen molar-refractivity contribution < 1.29 is 14.6 Å². The molecule has 0 rings (SSSR count). The van der Waals surface area contributed by atoms with Crippen LogP contribution in [0.3, 0.4) is 0 Å². The number of carbonyl (C=O) groups excluding carboxylic acids is 1. The van der Waals surface area contributed by atoms with Gasteiger partial charge in [-0.05, 0) is 33.1 Å². The Labute approximate surface area is 117 Å². The van der Waals surface area contributed by atoms with E-state index in [9.17, 15) is 9.90 Å². The number of carbonyl (C=O) groups is 1. The molecule has 4 heteroatoms. The summed E-state index contributed by atoms with van der Waals surface area (Å²) in [7, 11) is 0. The number of unbranched alkanes of at least 4 members (excludes halogenated alkanes) is 4. The molecule has 1 unspecified atom stereocenters. The number of nitrogens with one attached hydrogen (secondary N) is 1. The number of alkyl carbamates (subject to hydrolysis) is 1. The maximum Gasteiger partial charge on any atom is 0.407 e. The minimum absolute atomic E-state index is 0.115. The lowest BCUT2D eigenvalue weighted by Gasteiger charge is -2.21. The van der Waals surface area contributed by atoms with E-state index in [1.54, 1.807) is 0 Å². The summed E-state index contributed by atoms with van der Waals surface area (Å²) in [6.07, 6.45) is 6.64. The van der Waals surface area contributed by atoms with Crippen LogP contribution in [0, 0.1) is 5.92 Å². The van der Waals surface area contributed by atoms with Gasteiger partial charge >= 0.3 is 6.09 Å². The molecule has 114 valence electrons. The molecule has 0 bridgehead atoms.